The zero-order chi connectivity index (χ0) is 15.7. The minimum absolute atomic E-state index is 0.144. The van der Waals surface area contributed by atoms with Crippen molar-refractivity contribution in [2.45, 2.75) is 35.3 Å². The third kappa shape index (κ3) is 3.49. The van der Waals surface area contributed by atoms with Crippen molar-refractivity contribution < 1.29 is 17.2 Å². The van der Waals surface area contributed by atoms with Crippen LogP contribution in [0.3, 0.4) is 0 Å². The first-order chi connectivity index (χ1) is 9.80. The lowest BCUT2D eigenvalue weighted by Crippen LogP contribution is -2.38. The van der Waals surface area contributed by atoms with Crippen LogP contribution in [0.4, 0.5) is 14.5 Å². The minimum Gasteiger partial charge on any atom is -0.396 e. The second kappa shape index (κ2) is 6.10. The van der Waals surface area contributed by atoms with Gasteiger partial charge in [0.25, 0.3) is 0 Å². The summed E-state index contributed by atoms with van der Waals surface area (Å²) in [6.07, 6.45) is 5.90. The number of thioether (sulfide) groups is 1. The molecule has 118 valence electrons. The lowest BCUT2D eigenvalue weighted by Gasteiger charge is -2.26. The molecule has 2 rings (SSSR count). The van der Waals surface area contributed by atoms with Gasteiger partial charge in [0.15, 0.2) is 0 Å². The van der Waals surface area contributed by atoms with Crippen molar-refractivity contribution in [2.24, 2.45) is 0 Å². The molecule has 0 atom stereocenters. The second-order valence-electron chi connectivity index (χ2n) is 5.22. The van der Waals surface area contributed by atoms with Gasteiger partial charge in [0.05, 0.1) is 5.69 Å². The number of nitrogen functional groups attached to an aromatic ring is 1. The van der Waals surface area contributed by atoms with E-state index in [0.29, 0.717) is 6.07 Å². The maximum Gasteiger partial charge on any atom is 0.243 e. The van der Waals surface area contributed by atoms with E-state index in [-0.39, 0.29) is 11.3 Å². The fourth-order valence-corrected chi connectivity index (χ4v) is 4.75. The number of hydrogen-bond acceptors (Lipinski definition) is 4. The molecule has 21 heavy (non-hydrogen) atoms. The third-order valence-electron chi connectivity index (χ3n) is 3.87. The monoisotopic (exact) mass is 336 g/mol. The molecule has 0 amide bonds. The van der Waals surface area contributed by atoms with Gasteiger partial charge in [-0.3, -0.25) is 0 Å². The summed E-state index contributed by atoms with van der Waals surface area (Å²) in [4.78, 5) is -0.615. The first kappa shape index (κ1) is 16.5. The number of rotatable bonds is 5. The Morgan fingerprint density at radius 1 is 1.29 bits per heavy atom. The van der Waals surface area contributed by atoms with Crippen LogP contribution in [0.15, 0.2) is 17.0 Å². The molecular formula is C13H18F2N2O2S2. The molecule has 1 aliphatic rings. The molecule has 1 aliphatic carbocycles. The summed E-state index contributed by atoms with van der Waals surface area (Å²) < 4.78 is 53.5. The maximum atomic E-state index is 13.7. The number of nitrogens with two attached hydrogens (primary N) is 1. The van der Waals surface area contributed by atoms with E-state index in [1.54, 1.807) is 11.8 Å². The number of halogens is 2. The smallest absolute Gasteiger partial charge is 0.243 e. The van der Waals surface area contributed by atoms with Crippen LogP contribution in [0.2, 0.25) is 0 Å². The first-order valence-corrected chi connectivity index (χ1v) is 9.30. The molecule has 1 saturated carbocycles. The zero-order valence-electron chi connectivity index (χ0n) is 11.7. The second-order valence-corrected chi connectivity index (χ2v) is 8.23. The van der Waals surface area contributed by atoms with Gasteiger partial charge in [-0.2, -0.15) is 11.8 Å². The molecule has 1 aromatic carbocycles. The number of sulfonamides is 1. The Labute approximate surface area is 127 Å². The SMILES string of the molecule is CSC1(CNS(=O)(=O)c2cc(N)c(F)cc2F)CCCC1. The predicted molar refractivity (Wildman–Crippen MR) is 80.7 cm³/mol. The van der Waals surface area contributed by atoms with Gasteiger partial charge < -0.3 is 5.73 Å². The van der Waals surface area contributed by atoms with Gasteiger partial charge in [-0.25, -0.2) is 21.9 Å². The Kier molecular flexibility index (Phi) is 4.79. The van der Waals surface area contributed by atoms with Crippen molar-refractivity contribution in [3.8, 4) is 0 Å². The molecule has 4 nitrogen and oxygen atoms in total. The van der Waals surface area contributed by atoms with E-state index < -0.39 is 32.2 Å². The van der Waals surface area contributed by atoms with Gasteiger partial charge in [0.1, 0.15) is 16.5 Å². The topological polar surface area (TPSA) is 72.2 Å². The average molecular weight is 336 g/mol. The molecule has 1 fully saturated rings. The zero-order valence-corrected chi connectivity index (χ0v) is 13.3. The molecule has 0 aliphatic heterocycles. The lowest BCUT2D eigenvalue weighted by molar-refractivity contribution is 0.532. The standard InChI is InChI=1S/C13H18F2N2O2S2/c1-20-13(4-2-3-5-13)8-17-21(18,19)12-7-11(16)9(14)6-10(12)15/h6-7,17H,2-5,8,16H2,1H3. The summed E-state index contributed by atoms with van der Waals surface area (Å²) in [6, 6.07) is 1.30. The Morgan fingerprint density at radius 2 is 1.90 bits per heavy atom. The van der Waals surface area contributed by atoms with Gasteiger partial charge >= 0.3 is 0 Å². The summed E-state index contributed by atoms with van der Waals surface area (Å²) >= 11 is 1.62. The van der Waals surface area contributed by atoms with Crippen molar-refractivity contribution in [1.82, 2.24) is 4.72 Å². The molecular weight excluding hydrogens is 318 g/mol. The van der Waals surface area contributed by atoms with E-state index >= 15 is 0 Å². The fourth-order valence-electron chi connectivity index (χ4n) is 2.53. The lowest BCUT2D eigenvalue weighted by atomic mass is 10.1. The highest BCUT2D eigenvalue weighted by Crippen LogP contribution is 2.39. The van der Waals surface area contributed by atoms with Gasteiger partial charge in [-0.15, -0.1) is 0 Å². The Morgan fingerprint density at radius 3 is 2.48 bits per heavy atom. The summed E-state index contributed by atoms with van der Waals surface area (Å²) in [6.45, 7) is 0.229. The Hall–Kier alpha value is -0.860. The molecule has 0 aromatic heterocycles. The first-order valence-electron chi connectivity index (χ1n) is 6.59. The largest absolute Gasteiger partial charge is 0.396 e. The molecule has 8 heteroatoms. The van der Waals surface area contributed by atoms with Crippen LogP contribution in [0.1, 0.15) is 25.7 Å². The van der Waals surface area contributed by atoms with Crippen LogP contribution in [-0.4, -0.2) is 26.0 Å². The molecule has 0 heterocycles. The minimum atomic E-state index is -4.05. The highest BCUT2D eigenvalue weighted by atomic mass is 32.2. The third-order valence-corrected chi connectivity index (χ3v) is 6.71. The van der Waals surface area contributed by atoms with E-state index in [1.165, 1.54) is 0 Å². The number of nitrogens with one attached hydrogen (secondary N) is 1. The molecule has 3 N–H and O–H groups in total. The van der Waals surface area contributed by atoms with Crippen LogP contribution in [-0.2, 0) is 10.0 Å². The molecule has 0 bridgehead atoms. The summed E-state index contributed by atoms with van der Waals surface area (Å²) in [5.74, 6) is -2.11. The average Bonchev–Trinajstić information content (AvgIpc) is 2.90. The molecule has 1 aromatic rings. The maximum absolute atomic E-state index is 13.7. The molecule has 0 unspecified atom stereocenters. The number of hydrogen-bond donors (Lipinski definition) is 2. The molecule has 0 radical (unpaired) electrons. The van der Waals surface area contributed by atoms with Crippen molar-refractivity contribution in [1.29, 1.82) is 0 Å². The summed E-state index contributed by atoms with van der Waals surface area (Å²) in [5, 5.41) is 0. The van der Waals surface area contributed by atoms with E-state index in [2.05, 4.69) is 4.72 Å². The Balaban J connectivity index is 2.21. The van der Waals surface area contributed by atoms with Crippen molar-refractivity contribution in [3.63, 3.8) is 0 Å². The number of benzene rings is 1. The Bertz CT molecular complexity index is 629. The van der Waals surface area contributed by atoms with E-state index in [0.717, 1.165) is 31.7 Å². The quantitative estimate of drug-likeness (QED) is 0.811. The van der Waals surface area contributed by atoms with Crippen LogP contribution in [0, 0.1) is 11.6 Å². The van der Waals surface area contributed by atoms with E-state index in [4.69, 9.17) is 5.73 Å². The van der Waals surface area contributed by atoms with E-state index in [9.17, 15) is 17.2 Å². The van der Waals surface area contributed by atoms with Crippen molar-refractivity contribution >= 4 is 27.5 Å². The normalized spacial score (nSPS) is 18.0. The van der Waals surface area contributed by atoms with Gasteiger partial charge in [-0.1, -0.05) is 12.8 Å². The van der Waals surface area contributed by atoms with Crippen LogP contribution < -0.4 is 10.5 Å². The van der Waals surface area contributed by atoms with Crippen molar-refractivity contribution in [3.05, 3.63) is 23.8 Å². The van der Waals surface area contributed by atoms with Crippen LogP contribution in [0.25, 0.3) is 0 Å². The van der Waals surface area contributed by atoms with E-state index in [1.807, 2.05) is 6.26 Å². The van der Waals surface area contributed by atoms with Gasteiger partial charge in [0, 0.05) is 17.4 Å². The van der Waals surface area contributed by atoms with Gasteiger partial charge in [-0.05, 0) is 25.2 Å². The highest BCUT2D eigenvalue weighted by Gasteiger charge is 2.34. The fraction of sp³-hybridized carbons (Fsp3) is 0.538. The highest BCUT2D eigenvalue weighted by molar-refractivity contribution is 8.00. The van der Waals surface area contributed by atoms with Gasteiger partial charge in [0.2, 0.25) is 10.0 Å². The predicted octanol–water partition coefficient (Wildman–Crippen LogP) is 2.50. The summed E-state index contributed by atoms with van der Waals surface area (Å²) in [7, 11) is -4.05. The number of anilines is 1. The van der Waals surface area contributed by atoms with Crippen LogP contribution in [0.5, 0.6) is 0 Å². The summed E-state index contributed by atoms with van der Waals surface area (Å²) in [5.41, 5.74) is 4.93. The van der Waals surface area contributed by atoms with Crippen molar-refractivity contribution in [2.75, 3.05) is 18.5 Å². The van der Waals surface area contributed by atoms with Crippen LogP contribution >= 0.6 is 11.8 Å². The molecule has 0 saturated heterocycles. The molecule has 0 spiro atoms.